The first-order valence-corrected chi connectivity index (χ1v) is 7.48. The van der Waals surface area contributed by atoms with Crippen molar-refractivity contribution in [3.63, 3.8) is 0 Å². The number of furan rings is 1. The van der Waals surface area contributed by atoms with Gasteiger partial charge in [-0.1, -0.05) is 17.3 Å². The van der Waals surface area contributed by atoms with Crippen LogP contribution in [0.25, 0.3) is 21.9 Å². The van der Waals surface area contributed by atoms with Crippen LogP contribution in [0.3, 0.4) is 0 Å². The second-order valence-corrected chi connectivity index (χ2v) is 5.59. The predicted molar refractivity (Wildman–Crippen MR) is 89.1 cm³/mol. The van der Waals surface area contributed by atoms with Gasteiger partial charge in [0, 0.05) is 10.9 Å². The fourth-order valence-corrected chi connectivity index (χ4v) is 2.67. The van der Waals surface area contributed by atoms with Gasteiger partial charge in [-0.3, -0.25) is 9.59 Å². The molecule has 6 heteroatoms. The molecular formula is C18H13N3O3. The molecule has 118 valence electrons. The molecule has 2 aromatic carbocycles. The molecule has 0 radical (unpaired) electrons. The average molecular weight is 319 g/mol. The maximum absolute atomic E-state index is 12.5. The number of benzene rings is 2. The van der Waals surface area contributed by atoms with E-state index < -0.39 is 0 Å². The summed E-state index contributed by atoms with van der Waals surface area (Å²) in [6.07, 6.45) is 0. The highest BCUT2D eigenvalue weighted by Crippen LogP contribution is 2.21. The third kappa shape index (κ3) is 2.38. The van der Waals surface area contributed by atoms with E-state index in [1.807, 2.05) is 12.1 Å². The number of aromatic nitrogens is 3. The van der Waals surface area contributed by atoms with Crippen LogP contribution in [-0.4, -0.2) is 20.8 Å². The zero-order valence-electron chi connectivity index (χ0n) is 12.9. The molecule has 24 heavy (non-hydrogen) atoms. The van der Waals surface area contributed by atoms with Crippen LogP contribution in [0, 0.1) is 0 Å². The van der Waals surface area contributed by atoms with Gasteiger partial charge in [-0.05, 0) is 43.3 Å². The minimum absolute atomic E-state index is 0.00346. The largest absolute Gasteiger partial charge is 0.459 e. The van der Waals surface area contributed by atoms with Crippen molar-refractivity contribution in [2.75, 3.05) is 0 Å². The Bertz CT molecular complexity index is 1140. The summed E-state index contributed by atoms with van der Waals surface area (Å²) in [5, 5.41) is 9.35. The molecule has 2 heterocycles. The van der Waals surface area contributed by atoms with Gasteiger partial charge < -0.3 is 4.42 Å². The van der Waals surface area contributed by atoms with Crippen molar-refractivity contribution in [3.05, 3.63) is 70.2 Å². The highest BCUT2D eigenvalue weighted by molar-refractivity contribution is 5.97. The molecular weight excluding hydrogens is 306 g/mol. The van der Waals surface area contributed by atoms with E-state index in [1.165, 1.54) is 11.6 Å². The standard InChI is InChI=1S/C18H13N3O3/c1-11(22)12-6-7-17-13(8-12)9-14(24-17)10-21-18(23)15-4-2-3-5-16(15)19-20-21/h2-9H,10H2,1H3. The van der Waals surface area contributed by atoms with E-state index in [1.54, 1.807) is 36.4 Å². The summed E-state index contributed by atoms with van der Waals surface area (Å²) in [4.78, 5) is 23.9. The van der Waals surface area contributed by atoms with E-state index in [0.29, 0.717) is 27.8 Å². The lowest BCUT2D eigenvalue weighted by Crippen LogP contribution is -2.24. The highest BCUT2D eigenvalue weighted by Gasteiger charge is 2.10. The molecule has 0 aliphatic heterocycles. The summed E-state index contributed by atoms with van der Waals surface area (Å²) in [6.45, 7) is 1.70. The van der Waals surface area contributed by atoms with E-state index >= 15 is 0 Å². The number of carbonyl (C=O) groups excluding carboxylic acids is 1. The van der Waals surface area contributed by atoms with Crippen molar-refractivity contribution in [1.29, 1.82) is 0 Å². The summed E-state index contributed by atoms with van der Waals surface area (Å²) in [6, 6.07) is 14.1. The van der Waals surface area contributed by atoms with Gasteiger partial charge in [0.15, 0.2) is 5.78 Å². The van der Waals surface area contributed by atoms with Crippen LogP contribution in [0.15, 0.2) is 57.7 Å². The normalized spacial score (nSPS) is 11.2. The van der Waals surface area contributed by atoms with Crippen LogP contribution in [0.2, 0.25) is 0 Å². The van der Waals surface area contributed by atoms with Crippen LogP contribution < -0.4 is 5.56 Å². The Labute approximate surface area is 136 Å². The average Bonchev–Trinajstić information content (AvgIpc) is 2.99. The summed E-state index contributed by atoms with van der Waals surface area (Å²) < 4.78 is 7.00. The fraction of sp³-hybridized carbons (Fsp3) is 0.111. The molecule has 0 bridgehead atoms. The summed E-state index contributed by atoms with van der Waals surface area (Å²) in [5.74, 6) is 0.577. The minimum Gasteiger partial charge on any atom is -0.459 e. The third-order valence-corrected chi connectivity index (χ3v) is 3.91. The molecule has 0 aliphatic carbocycles. The second kappa shape index (κ2) is 5.42. The molecule has 2 aromatic heterocycles. The topological polar surface area (TPSA) is 78.0 Å². The smallest absolute Gasteiger partial charge is 0.278 e. The van der Waals surface area contributed by atoms with E-state index in [-0.39, 0.29) is 17.9 Å². The van der Waals surface area contributed by atoms with Crippen LogP contribution in [0.5, 0.6) is 0 Å². The lowest BCUT2D eigenvalue weighted by atomic mass is 10.1. The number of Topliss-reactive ketones (excluding diaryl/α,β-unsaturated/α-hetero) is 1. The lowest BCUT2D eigenvalue weighted by Gasteiger charge is -2.02. The van der Waals surface area contributed by atoms with Crippen molar-refractivity contribution in [2.45, 2.75) is 13.5 Å². The van der Waals surface area contributed by atoms with Gasteiger partial charge in [0.1, 0.15) is 23.4 Å². The molecule has 0 amide bonds. The predicted octanol–water partition coefficient (Wildman–Crippen LogP) is 2.79. The Morgan fingerprint density at radius 2 is 2.00 bits per heavy atom. The Morgan fingerprint density at radius 3 is 2.83 bits per heavy atom. The first-order valence-electron chi connectivity index (χ1n) is 7.48. The number of ketones is 1. The number of hydrogen-bond donors (Lipinski definition) is 0. The first-order chi connectivity index (χ1) is 11.6. The van der Waals surface area contributed by atoms with Gasteiger partial charge in [0.25, 0.3) is 5.56 Å². The molecule has 0 atom stereocenters. The minimum atomic E-state index is -0.217. The number of rotatable bonds is 3. The number of nitrogens with zero attached hydrogens (tertiary/aromatic N) is 3. The maximum Gasteiger partial charge on any atom is 0.278 e. The molecule has 0 unspecified atom stereocenters. The van der Waals surface area contributed by atoms with Crippen molar-refractivity contribution in [1.82, 2.24) is 15.0 Å². The van der Waals surface area contributed by atoms with Gasteiger partial charge >= 0.3 is 0 Å². The summed E-state index contributed by atoms with van der Waals surface area (Å²) >= 11 is 0. The molecule has 0 N–H and O–H groups in total. The molecule has 0 saturated carbocycles. The number of carbonyl (C=O) groups is 1. The summed E-state index contributed by atoms with van der Waals surface area (Å²) in [7, 11) is 0. The molecule has 0 fully saturated rings. The lowest BCUT2D eigenvalue weighted by molar-refractivity contribution is 0.101. The Balaban J connectivity index is 1.75. The van der Waals surface area contributed by atoms with Gasteiger partial charge in [-0.25, -0.2) is 4.68 Å². The van der Waals surface area contributed by atoms with E-state index in [4.69, 9.17) is 4.42 Å². The van der Waals surface area contributed by atoms with E-state index in [0.717, 1.165) is 5.39 Å². The van der Waals surface area contributed by atoms with Crippen molar-refractivity contribution in [2.24, 2.45) is 0 Å². The highest BCUT2D eigenvalue weighted by atomic mass is 16.3. The van der Waals surface area contributed by atoms with Crippen LogP contribution in [-0.2, 0) is 6.54 Å². The molecule has 4 aromatic rings. The molecule has 0 saturated heterocycles. The van der Waals surface area contributed by atoms with Gasteiger partial charge in [0.05, 0.1) is 5.39 Å². The molecule has 4 rings (SSSR count). The number of fused-ring (bicyclic) bond motifs is 2. The number of hydrogen-bond acceptors (Lipinski definition) is 5. The SMILES string of the molecule is CC(=O)c1ccc2oc(Cn3nnc4ccccc4c3=O)cc2c1. The Morgan fingerprint density at radius 1 is 1.17 bits per heavy atom. The quantitative estimate of drug-likeness (QED) is 0.543. The zero-order chi connectivity index (χ0) is 16.7. The van der Waals surface area contributed by atoms with Gasteiger partial charge in [0.2, 0.25) is 0 Å². The molecule has 0 spiro atoms. The maximum atomic E-state index is 12.5. The Hall–Kier alpha value is -3.28. The Kier molecular flexibility index (Phi) is 3.23. The van der Waals surface area contributed by atoms with Crippen LogP contribution >= 0.6 is 0 Å². The van der Waals surface area contributed by atoms with Crippen molar-refractivity contribution in [3.8, 4) is 0 Å². The van der Waals surface area contributed by atoms with E-state index in [9.17, 15) is 9.59 Å². The monoisotopic (exact) mass is 319 g/mol. The van der Waals surface area contributed by atoms with Crippen LogP contribution in [0.1, 0.15) is 23.0 Å². The van der Waals surface area contributed by atoms with Crippen LogP contribution in [0.4, 0.5) is 0 Å². The van der Waals surface area contributed by atoms with Gasteiger partial charge in [-0.15, -0.1) is 5.10 Å². The van der Waals surface area contributed by atoms with E-state index in [2.05, 4.69) is 10.3 Å². The molecule has 6 nitrogen and oxygen atoms in total. The van der Waals surface area contributed by atoms with Crippen molar-refractivity contribution < 1.29 is 9.21 Å². The van der Waals surface area contributed by atoms with Crippen molar-refractivity contribution >= 4 is 27.7 Å². The first kappa shape index (κ1) is 14.3. The third-order valence-electron chi connectivity index (χ3n) is 3.91. The van der Waals surface area contributed by atoms with Gasteiger partial charge in [-0.2, -0.15) is 0 Å². The molecule has 0 aliphatic rings. The summed E-state index contributed by atoms with van der Waals surface area (Å²) in [5.41, 5.74) is 1.63. The fourth-order valence-electron chi connectivity index (χ4n) is 2.67. The zero-order valence-corrected chi connectivity index (χ0v) is 12.9. The second-order valence-electron chi connectivity index (χ2n) is 5.59.